The van der Waals surface area contributed by atoms with Gasteiger partial charge in [-0.1, -0.05) is 52.0 Å². The Bertz CT molecular complexity index is 1230. The van der Waals surface area contributed by atoms with Crippen LogP contribution in [0.4, 0.5) is 5.69 Å². The van der Waals surface area contributed by atoms with Crippen molar-refractivity contribution in [1.82, 2.24) is 0 Å². The summed E-state index contributed by atoms with van der Waals surface area (Å²) in [5, 5.41) is 11.6. The van der Waals surface area contributed by atoms with Crippen LogP contribution in [0.1, 0.15) is 65.4 Å². The number of nitrogens with zero attached hydrogens (tertiary/aromatic N) is 1. The molecule has 7 nitrogen and oxygen atoms in total. The molecular formula is C32H39NO6. The van der Waals surface area contributed by atoms with Crippen molar-refractivity contribution in [2.24, 2.45) is 34.0 Å². The molecule has 8 atom stereocenters. The van der Waals surface area contributed by atoms with Crippen LogP contribution in [0.5, 0.6) is 0 Å². The van der Waals surface area contributed by atoms with Crippen LogP contribution in [0.3, 0.4) is 0 Å². The Morgan fingerprint density at radius 1 is 1.26 bits per heavy atom. The first-order valence-electron chi connectivity index (χ1n) is 13.8. The van der Waals surface area contributed by atoms with E-state index in [0.29, 0.717) is 24.1 Å². The van der Waals surface area contributed by atoms with E-state index in [1.54, 1.807) is 30.3 Å². The largest absolute Gasteiger partial charge is 0.459 e. The predicted octanol–water partition coefficient (Wildman–Crippen LogP) is 5.70. The normalized spacial score (nSPS) is 37.7. The number of rotatable bonds is 6. The van der Waals surface area contributed by atoms with E-state index < -0.39 is 41.6 Å². The van der Waals surface area contributed by atoms with Crippen molar-refractivity contribution in [1.29, 1.82) is 0 Å². The van der Waals surface area contributed by atoms with Crippen molar-refractivity contribution < 1.29 is 29.0 Å². The minimum absolute atomic E-state index is 0.108. The monoisotopic (exact) mass is 533 g/mol. The molecule has 0 unspecified atom stereocenters. The van der Waals surface area contributed by atoms with E-state index in [9.17, 15) is 19.5 Å². The third-order valence-corrected chi connectivity index (χ3v) is 10.3. The molecule has 7 heteroatoms. The summed E-state index contributed by atoms with van der Waals surface area (Å²) in [4.78, 5) is 42.2. The van der Waals surface area contributed by atoms with Crippen molar-refractivity contribution in [2.75, 3.05) is 6.61 Å². The number of ether oxygens (including phenoxy) is 2. The van der Waals surface area contributed by atoms with Crippen molar-refractivity contribution in [2.45, 2.75) is 72.0 Å². The third-order valence-electron chi connectivity index (χ3n) is 10.3. The molecule has 0 spiro atoms. The molecule has 0 aliphatic heterocycles. The number of hydrogen-bond donors (Lipinski definition) is 1. The number of carbonyl (C=O) groups excluding carboxylic acids is 3. The summed E-state index contributed by atoms with van der Waals surface area (Å²) in [6.07, 6.45) is 6.32. The van der Waals surface area contributed by atoms with Gasteiger partial charge in [-0.3, -0.25) is 4.79 Å². The molecule has 208 valence electrons. The number of esters is 2. The van der Waals surface area contributed by atoms with Gasteiger partial charge in [-0.25, -0.2) is 14.4 Å². The zero-order valence-electron chi connectivity index (χ0n) is 23.3. The van der Waals surface area contributed by atoms with E-state index in [0.717, 1.165) is 19.3 Å². The molecule has 0 aromatic heterocycles. The average Bonchev–Trinajstić information content (AvgIpc) is 3.29. The Kier molecular flexibility index (Phi) is 7.91. The van der Waals surface area contributed by atoms with E-state index in [-0.39, 0.29) is 29.0 Å². The highest BCUT2D eigenvalue weighted by Gasteiger charge is 2.68. The fraction of sp³-hybridized carbons (Fsp3) is 0.562. The summed E-state index contributed by atoms with van der Waals surface area (Å²) in [6.45, 7) is 18.7. The summed E-state index contributed by atoms with van der Waals surface area (Å²) in [5.74, 6) is -1.53. The van der Waals surface area contributed by atoms with Crippen LogP contribution >= 0.6 is 0 Å². The van der Waals surface area contributed by atoms with Crippen molar-refractivity contribution in [3.05, 3.63) is 60.0 Å². The van der Waals surface area contributed by atoms with Crippen LogP contribution in [0, 0.1) is 40.6 Å². The quantitative estimate of drug-likeness (QED) is 0.218. The fourth-order valence-electron chi connectivity index (χ4n) is 7.73. The molecule has 4 rings (SSSR count). The Hall–Kier alpha value is -3.24. The van der Waals surface area contributed by atoms with Crippen LogP contribution in [0.25, 0.3) is 10.9 Å². The van der Waals surface area contributed by atoms with Crippen LogP contribution < -0.4 is 0 Å². The van der Waals surface area contributed by atoms with E-state index in [1.807, 2.05) is 6.92 Å². The average molecular weight is 534 g/mol. The second kappa shape index (κ2) is 10.7. The van der Waals surface area contributed by atoms with E-state index in [2.05, 4.69) is 32.2 Å². The first-order chi connectivity index (χ1) is 18.4. The smallest absolute Gasteiger partial charge is 0.344 e. The van der Waals surface area contributed by atoms with E-state index >= 15 is 0 Å². The van der Waals surface area contributed by atoms with Crippen LogP contribution in [0.2, 0.25) is 0 Å². The highest BCUT2D eigenvalue weighted by atomic mass is 16.6. The van der Waals surface area contributed by atoms with Crippen LogP contribution in [-0.2, 0) is 23.9 Å². The highest BCUT2D eigenvalue weighted by Crippen LogP contribution is 2.68. The fourth-order valence-corrected chi connectivity index (χ4v) is 7.73. The zero-order valence-corrected chi connectivity index (χ0v) is 23.3. The lowest BCUT2D eigenvalue weighted by atomic mass is 9.44. The lowest BCUT2D eigenvalue weighted by Gasteiger charge is -2.61. The SMILES string of the molecule is [C-]#[N+]c1cccc(/C=C/C(=O)OCC(=O)O[C@@H]2C[C@@](C)(C=C)[C@@H](O)[C@H](C)[C@]34CCC(=O)[C@H]3[C@@]2(C)[C@H](C)CC4)c1. The Morgan fingerprint density at radius 2 is 2.00 bits per heavy atom. The molecule has 3 aliphatic rings. The van der Waals surface area contributed by atoms with E-state index in [4.69, 9.17) is 16.0 Å². The molecule has 0 amide bonds. The lowest BCUT2D eigenvalue weighted by molar-refractivity contribution is -0.208. The number of aliphatic hydroxyl groups excluding tert-OH is 1. The minimum atomic E-state index is -0.744. The second-order valence-corrected chi connectivity index (χ2v) is 12.2. The number of benzene rings is 1. The van der Waals surface area contributed by atoms with Crippen molar-refractivity contribution in [3.8, 4) is 0 Å². The predicted molar refractivity (Wildman–Crippen MR) is 147 cm³/mol. The van der Waals surface area contributed by atoms with Gasteiger partial charge >= 0.3 is 11.9 Å². The third kappa shape index (κ3) is 4.96. The molecule has 3 fully saturated rings. The maximum atomic E-state index is 13.5. The van der Waals surface area contributed by atoms with Gasteiger partial charge in [0.1, 0.15) is 11.9 Å². The summed E-state index contributed by atoms with van der Waals surface area (Å²) < 4.78 is 11.2. The molecule has 0 heterocycles. The molecule has 39 heavy (non-hydrogen) atoms. The summed E-state index contributed by atoms with van der Waals surface area (Å²) in [6, 6.07) is 6.78. The topological polar surface area (TPSA) is 94.3 Å². The van der Waals surface area contributed by atoms with Crippen molar-refractivity contribution in [3.63, 3.8) is 0 Å². The number of ketones is 1. The first kappa shape index (κ1) is 28.8. The number of aliphatic hydroxyl groups is 1. The standard InChI is InChI=1S/C32H39NO6/c1-7-30(4)18-25(39-27(36)19-38-26(35)12-11-22-9-8-10-23(17-22)33-6)31(5)20(2)13-15-32(21(3)29(30)37)16-14-24(34)28(31)32/h7-12,17,20-21,25,28-29,37H,1,13-16,18-19H2,2-5H3/b12-11+/t20-,21+,25-,28+,29+,30-,31+,32+/m1/s1. The Labute approximate surface area is 231 Å². The number of hydrogen-bond acceptors (Lipinski definition) is 6. The van der Waals surface area contributed by atoms with Gasteiger partial charge in [-0.2, -0.15) is 0 Å². The molecule has 0 radical (unpaired) electrons. The Morgan fingerprint density at radius 3 is 2.69 bits per heavy atom. The zero-order chi connectivity index (χ0) is 28.6. The molecule has 2 bridgehead atoms. The lowest BCUT2D eigenvalue weighted by Crippen LogP contribution is -2.63. The molecule has 1 aromatic carbocycles. The van der Waals surface area contributed by atoms with Gasteiger partial charge in [0.25, 0.3) is 0 Å². The molecule has 0 saturated heterocycles. The maximum Gasteiger partial charge on any atom is 0.344 e. The summed E-state index contributed by atoms with van der Waals surface area (Å²) in [5.41, 5.74) is -0.592. The van der Waals surface area contributed by atoms with Gasteiger partial charge in [0, 0.05) is 29.2 Å². The molecule has 3 aliphatic carbocycles. The van der Waals surface area contributed by atoms with Gasteiger partial charge < -0.3 is 14.6 Å². The van der Waals surface area contributed by atoms with E-state index in [1.165, 1.54) is 12.2 Å². The highest BCUT2D eigenvalue weighted by molar-refractivity contribution is 5.89. The Balaban J connectivity index is 1.55. The number of carbonyl (C=O) groups is 3. The molecule has 1 aromatic rings. The number of Topliss-reactive ketones (excluding diaryl/α,β-unsaturated/α-hetero) is 1. The molecule has 1 N–H and O–H groups in total. The minimum Gasteiger partial charge on any atom is -0.459 e. The summed E-state index contributed by atoms with van der Waals surface area (Å²) in [7, 11) is 0. The van der Waals surface area contributed by atoms with Crippen molar-refractivity contribution >= 4 is 29.5 Å². The molecule has 3 saturated carbocycles. The van der Waals surface area contributed by atoms with Gasteiger partial charge in [0.15, 0.2) is 12.3 Å². The van der Waals surface area contributed by atoms with Gasteiger partial charge in [-0.15, -0.1) is 6.58 Å². The second-order valence-electron chi connectivity index (χ2n) is 12.2. The summed E-state index contributed by atoms with van der Waals surface area (Å²) >= 11 is 0. The van der Waals surface area contributed by atoms with Gasteiger partial charge in [0.05, 0.1) is 12.7 Å². The van der Waals surface area contributed by atoms with Gasteiger partial charge in [-0.05, 0) is 60.6 Å². The molecular weight excluding hydrogens is 494 g/mol. The van der Waals surface area contributed by atoms with Crippen LogP contribution in [0.15, 0.2) is 43.0 Å². The first-order valence-corrected chi connectivity index (χ1v) is 13.8. The maximum absolute atomic E-state index is 13.5. The van der Waals surface area contributed by atoms with Gasteiger partial charge in [0.2, 0.25) is 0 Å². The van der Waals surface area contributed by atoms with Crippen LogP contribution in [-0.4, -0.2) is 41.6 Å².